The third-order valence-electron chi connectivity index (χ3n) is 5.95. The summed E-state index contributed by atoms with van der Waals surface area (Å²) in [6, 6.07) is 10.1. The van der Waals surface area contributed by atoms with Gasteiger partial charge in [-0.15, -0.1) is 0 Å². The smallest absolute Gasteiger partial charge is 0.289 e. The van der Waals surface area contributed by atoms with Crippen LogP contribution < -0.4 is 5.32 Å². The van der Waals surface area contributed by atoms with Gasteiger partial charge in [-0.3, -0.25) is 9.59 Å². The molecule has 0 atom stereocenters. The number of nitrogens with one attached hydrogen (secondary N) is 1. The fourth-order valence-electron chi connectivity index (χ4n) is 4.39. The van der Waals surface area contributed by atoms with E-state index in [0.29, 0.717) is 25.5 Å². The van der Waals surface area contributed by atoms with Gasteiger partial charge in [0.25, 0.3) is 5.91 Å². The highest BCUT2D eigenvalue weighted by molar-refractivity contribution is 5.91. The molecule has 1 saturated carbocycles. The van der Waals surface area contributed by atoms with Crippen molar-refractivity contribution in [3.63, 3.8) is 0 Å². The number of amides is 2. The second-order valence-corrected chi connectivity index (χ2v) is 7.47. The number of aromatic nitrogens is 2. The second-order valence-electron chi connectivity index (χ2n) is 7.47. The first-order chi connectivity index (χ1) is 13.1. The molecule has 1 aromatic heterocycles. The zero-order chi connectivity index (χ0) is 18.9. The van der Waals surface area contributed by atoms with Gasteiger partial charge < -0.3 is 14.8 Å². The van der Waals surface area contributed by atoms with Crippen LogP contribution in [0.25, 0.3) is 0 Å². The maximum absolute atomic E-state index is 13.1. The van der Waals surface area contributed by atoms with Crippen molar-refractivity contribution in [1.29, 1.82) is 0 Å². The summed E-state index contributed by atoms with van der Waals surface area (Å²) in [5, 5.41) is 3.09. The SMILES string of the molecule is CCN1CCn2cc(CNC(=O)C3(c4ccccc4)CCCC3)nc2C1=O. The Morgan fingerprint density at radius 2 is 1.93 bits per heavy atom. The van der Waals surface area contributed by atoms with Crippen molar-refractivity contribution >= 4 is 11.8 Å². The minimum absolute atomic E-state index is 0.0297. The Morgan fingerprint density at radius 3 is 2.63 bits per heavy atom. The van der Waals surface area contributed by atoms with Gasteiger partial charge in [0.15, 0.2) is 5.82 Å². The lowest BCUT2D eigenvalue weighted by Gasteiger charge is -2.28. The third kappa shape index (κ3) is 3.13. The van der Waals surface area contributed by atoms with Crippen molar-refractivity contribution in [1.82, 2.24) is 19.8 Å². The molecule has 2 amide bonds. The summed E-state index contributed by atoms with van der Waals surface area (Å²) in [5.41, 5.74) is 1.40. The van der Waals surface area contributed by atoms with Gasteiger partial charge in [0.05, 0.1) is 17.7 Å². The van der Waals surface area contributed by atoms with Crippen LogP contribution in [-0.2, 0) is 23.3 Å². The molecule has 1 N–H and O–H groups in total. The van der Waals surface area contributed by atoms with E-state index in [1.54, 1.807) is 4.90 Å². The average Bonchev–Trinajstić information content (AvgIpc) is 3.35. The Hall–Kier alpha value is -2.63. The molecule has 0 spiro atoms. The van der Waals surface area contributed by atoms with Crippen molar-refractivity contribution in [3.8, 4) is 0 Å². The maximum Gasteiger partial charge on any atom is 0.289 e. The molecule has 2 heterocycles. The molecular weight excluding hydrogens is 340 g/mol. The lowest BCUT2D eigenvalue weighted by Crippen LogP contribution is -2.42. The Morgan fingerprint density at radius 1 is 1.19 bits per heavy atom. The van der Waals surface area contributed by atoms with Crippen molar-refractivity contribution < 1.29 is 9.59 Å². The molecule has 0 radical (unpaired) electrons. The number of fused-ring (bicyclic) bond motifs is 1. The monoisotopic (exact) mass is 366 g/mol. The molecule has 0 unspecified atom stereocenters. The Labute approximate surface area is 159 Å². The maximum atomic E-state index is 13.1. The van der Waals surface area contributed by atoms with Crippen molar-refractivity contribution in [2.75, 3.05) is 13.1 Å². The molecule has 1 aromatic carbocycles. The van der Waals surface area contributed by atoms with Gasteiger partial charge in [-0.2, -0.15) is 0 Å². The van der Waals surface area contributed by atoms with E-state index in [1.807, 2.05) is 35.9 Å². The number of likely N-dealkylation sites (N-methyl/N-ethyl adjacent to an activating group) is 1. The Bertz CT molecular complexity index is 837. The van der Waals surface area contributed by atoms with E-state index in [4.69, 9.17) is 0 Å². The van der Waals surface area contributed by atoms with Gasteiger partial charge >= 0.3 is 0 Å². The first kappa shape index (κ1) is 17.8. The number of hydrogen-bond acceptors (Lipinski definition) is 3. The van der Waals surface area contributed by atoms with Crippen LogP contribution in [0, 0.1) is 0 Å². The standard InChI is InChI=1S/C21H26N4O2/c1-2-24-12-13-25-15-17(23-18(25)19(24)26)14-22-20(27)21(10-6-7-11-21)16-8-4-3-5-9-16/h3-5,8-9,15H,2,6-7,10-14H2,1H3,(H,22,27). The van der Waals surface area contributed by atoms with E-state index in [0.717, 1.165) is 43.5 Å². The minimum atomic E-state index is -0.435. The van der Waals surface area contributed by atoms with Crippen LogP contribution in [-0.4, -0.2) is 39.4 Å². The average molecular weight is 366 g/mol. The minimum Gasteiger partial charge on any atom is -0.350 e. The van der Waals surface area contributed by atoms with Crippen LogP contribution in [0.1, 0.15) is 54.5 Å². The van der Waals surface area contributed by atoms with Crippen molar-refractivity contribution in [2.45, 2.75) is 51.1 Å². The number of nitrogens with zero attached hydrogens (tertiary/aromatic N) is 3. The number of carbonyl (C=O) groups is 2. The number of benzene rings is 1. The van der Waals surface area contributed by atoms with E-state index >= 15 is 0 Å². The fourth-order valence-corrected chi connectivity index (χ4v) is 4.39. The molecule has 27 heavy (non-hydrogen) atoms. The van der Waals surface area contributed by atoms with E-state index in [2.05, 4.69) is 22.4 Å². The highest BCUT2D eigenvalue weighted by atomic mass is 16.2. The molecule has 2 aromatic rings. The van der Waals surface area contributed by atoms with Crippen LogP contribution in [0.4, 0.5) is 0 Å². The molecule has 1 fully saturated rings. The predicted octanol–water partition coefficient (Wildman–Crippen LogP) is 2.49. The molecule has 1 aliphatic heterocycles. The topological polar surface area (TPSA) is 67.2 Å². The lowest BCUT2D eigenvalue weighted by molar-refractivity contribution is -0.126. The summed E-state index contributed by atoms with van der Waals surface area (Å²) >= 11 is 0. The van der Waals surface area contributed by atoms with Crippen LogP contribution in [0.2, 0.25) is 0 Å². The predicted molar refractivity (Wildman–Crippen MR) is 102 cm³/mol. The normalized spacial score (nSPS) is 18.4. The molecule has 6 heteroatoms. The molecule has 0 saturated heterocycles. The number of rotatable bonds is 5. The summed E-state index contributed by atoms with van der Waals surface area (Å²) < 4.78 is 1.90. The summed E-state index contributed by atoms with van der Waals surface area (Å²) in [5.74, 6) is 0.516. The van der Waals surface area contributed by atoms with E-state index in [1.165, 1.54) is 0 Å². The first-order valence-electron chi connectivity index (χ1n) is 9.83. The zero-order valence-corrected chi connectivity index (χ0v) is 15.8. The largest absolute Gasteiger partial charge is 0.350 e. The first-order valence-corrected chi connectivity index (χ1v) is 9.83. The Balaban J connectivity index is 1.49. The van der Waals surface area contributed by atoms with Gasteiger partial charge in [0.2, 0.25) is 5.91 Å². The molecule has 2 aliphatic rings. The van der Waals surface area contributed by atoms with E-state index in [-0.39, 0.29) is 11.8 Å². The summed E-state index contributed by atoms with van der Waals surface area (Å²) in [4.78, 5) is 31.8. The van der Waals surface area contributed by atoms with Crippen LogP contribution in [0.3, 0.4) is 0 Å². The molecule has 4 rings (SSSR count). The summed E-state index contributed by atoms with van der Waals surface area (Å²) in [7, 11) is 0. The molecule has 0 bridgehead atoms. The highest BCUT2D eigenvalue weighted by Gasteiger charge is 2.42. The third-order valence-corrected chi connectivity index (χ3v) is 5.95. The number of hydrogen-bond donors (Lipinski definition) is 1. The molecule has 142 valence electrons. The van der Waals surface area contributed by atoms with Crippen LogP contribution in [0.15, 0.2) is 36.5 Å². The fraction of sp³-hybridized carbons (Fsp3) is 0.476. The molecule has 6 nitrogen and oxygen atoms in total. The quantitative estimate of drug-likeness (QED) is 0.884. The number of carbonyl (C=O) groups excluding carboxylic acids is 2. The van der Waals surface area contributed by atoms with Gasteiger partial charge in [0, 0.05) is 25.8 Å². The van der Waals surface area contributed by atoms with E-state index < -0.39 is 5.41 Å². The summed E-state index contributed by atoms with van der Waals surface area (Å²) in [6.45, 7) is 4.48. The summed E-state index contributed by atoms with van der Waals surface area (Å²) in [6.07, 6.45) is 5.80. The van der Waals surface area contributed by atoms with Crippen LogP contribution >= 0.6 is 0 Å². The van der Waals surface area contributed by atoms with Gasteiger partial charge in [-0.25, -0.2) is 4.98 Å². The zero-order valence-electron chi connectivity index (χ0n) is 15.8. The van der Waals surface area contributed by atoms with Gasteiger partial charge in [0.1, 0.15) is 0 Å². The van der Waals surface area contributed by atoms with Crippen molar-refractivity contribution in [2.24, 2.45) is 0 Å². The highest BCUT2D eigenvalue weighted by Crippen LogP contribution is 2.41. The Kier molecular flexibility index (Phi) is 4.72. The van der Waals surface area contributed by atoms with Gasteiger partial charge in [-0.1, -0.05) is 43.2 Å². The van der Waals surface area contributed by atoms with Gasteiger partial charge in [-0.05, 0) is 25.3 Å². The lowest BCUT2D eigenvalue weighted by atomic mass is 9.78. The number of imidazole rings is 1. The molecular formula is C21H26N4O2. The van der Waals surface area contributed by atoms with E-state index in [9.17, 15) is 9.59 Å². The second kappa shape index (κ2) is 7.18. The van der Waals surface area contributed by atoms with Crippen LogP contribution in [0.5, 0.6) is 0 Å². The molecule has 1 aliphatic carbocycles. The van der Waals surface area contributed by atoms with Crippen molar-refractivity contribution in [3.05, 3.63) is 53.6 Å².